The standard InChI is InChI=1S/C22H19N3O3/c1-2-6-17-15(4-1)20-21(28-17)22(24-13-23-20)25-9-3-5-16(25)14-7-8-18-19(12-14)27-11-10-26-18/h1-2,4,6-8,12-13,16H,3,5,9-11H2. The van der Waals surface area contributed by atoms with Gasteiger partial charge < -0.3 is 18.8 Å². The maximum absolute atomic E-state index is 6.16. The number of furan rings is 1. The number of para-hydroxylation sites is 1. The Bertz CT molecular complexity index is 1190. The summed E-state index contributed by atoms with van der Waals surface area (Å²) >= 11 is 0. The molecule has 28 heavy (non-hydrogen) atoms. The lowest BCUT2D eigenvalue weighted by atomic mass is 10.0. The van der Waals surface area contributed by atoms with Crippen LogP contribution in [0.5, 0.6) is 11.5 Å². The van der Waals surface area contributed by atoms with Gasteiger partial charge in [0.2, 0.25) is 0 Å². The predicted octanol–water partition coefficient (Wildman–Crippen LogP) is 4.49. The first-order valence-electron chi connectivity index (χ1n) is 9.67. The molecule has 2 aliphatic heterocycles. The zero-order valence-electron chi connectivity index (χ0n) is 15.3. The zero-order valence-corrected chi connectivity index (χ0v) is 15.3. The Morgan fingerprint density at radius 2 is 1.86 bits per heavy atom. The summed E-state index contributed by atoms with van der Waals surface area (Å²) in [5.74, 6) is 2.51. The van der Waals surface area contributed by atoms with E-state index in [1.807, 2.05) is 30.3 Å². The fraction of sp³-hybridized carbons (Fsp3) is 0.273. The van der Waals surface area contributed by atoms with Gasteiger partial charge in [-0.05, 0) is 42.7 Å². The number of ether oxygens (including phenoxy) is 2. The van der Waals surface area contributed by atoms with Gasteiger partial charge in [0.05, 0.1) is 6.04 Å². The van der Waals surface area contributed by atoms with Gasteiger partial charge in [-0.15, -0.1) is 0 Å². The Morgan fingerprint density at radius 3 is 2.82 bits per heavy atom. The molecule has 1 fully saturated rings. The van der Waals surface area contributed by atoms with Crippen LogP contribution < -0.4 is 14.4 Å². The smallest absolute Gasteiger partial charge is 0.196 e. The Kier molecular flexibility index (Phi) is 3.44. The van der Waals surface area contributed by atoms with Crippen LogP contribution in [-0.4, -0.2) is 29.7 Å². The zero-order chi connectivity index (χ0) is 18.5. The number of anilines is 1. The third-order valence-electron chi connectivity index (χ3n) is 5.62. The highest BCUT2D eigenvalue weighted by Crippen LogP contribution is 2.42. The number of aromatic nitrogens is 2. The molecule has 0 bridgehead atoms. The van der Waals surface area contributed by atoms with Crippen molar-refractivity contribution in [1.29, 1.82) is 0 Å². The molecule has 6 nitrogen and oxygen atoms in total. The lowest BCUT2D eigenvalue weighted by Crippen LogP contribution is -2.24. The number of fused-ring (bicyclic) bond motifs is 4. The van der Waals surface area contributed by atoms with Crippen LogP contribution in [0.15, 0.2) is 53.2 Å². The van der Waals surface area contributed by atoms with E-state index in [9.17, 15) is 0 Å². The van der Waals surface area contributed by atoms with Crippen LogP contribution in [0.25, 0.3) is 22.1 Å². The van der Waals surface area contributed by atoms with Crippen molar-refractivity contribution < 1.29 is 13.9 Å². The third-order valence-corrected chi connectivity index (χ3v) is 5.62. The van der Waals surface area contributed by atoms with E-state index in [0.717, 1.165) is 58.8 Å². The highest BCUT2D eigenvalue weighted by atomic mass is 16.6. The predicted molar refractivity (Wildman–Crippen MR) is 106 cm³/mol. The molecule has 2 aliphatic rings. The molecule has 1 saturated heterocycles. The van der Waals surface area contributed by atoms with Crippen molar-refractivity contribution in [3.05, 3.63) is 54.4 Å². The summed E-state index contributed by atoms with van der Waals surface area (Å²) in [7, 11) is 0. The van der Waals surface area contributed by atoms with Crippen LogP contribution in [-0.2, 0) is 0 Å². The maximum atomic E-state index is 6.16. The van der Waals surface area contributed by atoms with Gasteiger partial charge in [0, 0.05) is 11.9 Å². The first-order chi connectivity index (χ1) is 13.9. The summed E-state index contributed by atoms with van der Waals surface area (Å²) in [6.07, 6.45) is 3.80. The molecule has 0 saturated carbocycles. The third kappa shape index (κ3) is 2.34. The maximum Gasteiger partial charge on any atom is 0.196 e. The lowest BCUT2D eigenvalue weighted by molar-refractivity contribution is 0.171. The van der Waals surface area contributed by atoms with Gasteiger partial charge in [-0.3, -0.25) is 0 Å². The Morgan fingerprint density at radius 1 is 0.964 bits per heavy atom. The minimum absolute atomic E-state index is 0.224. The summed E-state index contributed by atoms with van der Waals surface area (Å²) in [6, 6.07) is 14.5. The molecular formula is C22H19N3O3. The van der Waals surface area contributed by atoms with Crippen LogP contribution in [0.1, 0.15) is 24.4 Å². The SMILES string of the molecule is c1ccc2c(c1)oc1c(N3CCCC3c3ccc4c(c3)OCCO4)ncnc12. The van der Waals surface area contributed by atoms with Crippen molar-refractivity contribution >= 4 is 27.9 Å². The van der Waals surface area contributed by atoms with E-state index in [1.54, 1.807) is 6.33 Å². The van der Waals surface area contributed by atoms with Gasteiger partial charge in [-0.1, -0.05) is 18.2 Å². The highest BCUT2D eigenvalue weighted by molar-refractivity contribution is 6.05. The average molecular weight is 373 g/mol. The highest BCUT2D eigenvalue weighted by Gasteiger charge is 2.31. The first-order valence-corrected chi connectivity index (χ1v) is 9.67. The Labute approximate surface area is 161 Å². The van der Waals surface area contributed by atoms with Gasteiger partial charge in [-0.25, -0.2) is 9.97 Å². The van der Waals surface area contributed by atoms with E-state index >= 15 is 0 Å². The molecule has 0 spiro atoms. The summed E-state index contributed by atoms with van der Waals surface area (Å²) < 4.78 is 17.6. The van der Waals surface area contributed by atoms with Crippen LogP contribution in [0.4, 0.5) is 5.82 Å². The van der Waals surface area contributed by atoms with Crippen molar-refractivity contribution in [3.63, 3.8) is 0 Å². The second kappa shape index (κ2) is 6.12. The molecule has 2 aromatic carbocycles. The second-order valence-corrected chi connectivity index (χ2v) is 7.23. The molecular weight excluding hydrogens is 354 g/mol. The van der Waals surface area contributed by atoms with Crippen molar-refractivity contribution in [2.75, 3.05) is 24.7 Å². The fourth-order valence-electron chi connectivity index (χ4n) is 4.35. The first kappa shape index (κ1) is 15.7. The lowest BCUT2D eigenvalue weighted by Gasteiger charge is -2.27. The van der Waals surface area contributed by atoms with E-state index in [4.69, 9.17) is 13.9 Å². The Hall–Kier alpha value is -3.28. The monoisotopic (exact) mass is 373 g/mol. The molecule has 4 aromatic rings. The van der Waals surface area contributed by atoms with Gasteiger partial charge in [-0.2, -0.15) is 0 Å². The number of rotatable bonds is 2. The normalized spacial score (nSPS) is 18.9. The molecule has 0 radical (unpaired) electrons. The van der Waals surface area contributed by atoms with Gasteiger partial charge >= 0.3 is 0 Å². The second-order valence-electron chi connectivity index (χ2n) is 7.23. The van der Waals surface area contributed by atoms with E-state index in [0.29, 0.717) is 13.2 Å². The van der Waals surface area contributed by atoms with E-state index < -0.39 is 0 Å². The molecule has 0 N–H and O–H groups in total. The van der Waals surface area contributed by atoms with Crippen LogP contribution in [0, 0.1) is 0 Å². The van der Waals surface area contributed by atoms with E-state index in [2.05, 4.69) is 27.0 Å². The number of nitrogens with zero attached hydrogens (tertiary/aromatic N) is 3. The quantitative estimate of drug-likeness (QED) is 0.516. The van der Waals surface area contributed by atoms with Crippen molar-refractivity contribution in [2.24, 2.45) is 0 Å². The van der Waals surface area contributed by atoms with Crippen LogP contribution in [0.3, 0.4) is 0 Å². The minimum atomic E-state index is 0.224. The molecule has 1 unspecified atom stereocenters. The van der Waals surface area contributed by atoms with Crippen molar-refractivity contribution in [3.8, 4) is 11.5 Å². The molecule has 0 amide bonds. The molecule has 0 aliphatic carbocycles. The minimum Gasteiger partial charge on any atom is -0.486 e. The van der Waals surface area contributed by atoms with Crippen LogP contribution in [0.2, 0.25) is 0 Å². The van der Waals surface area contributed by atoms with Gasteiger partial charge in [0.15, 0.2) is 22.9 Å². The average Bonchev–Trinajstić information content (AvgIpc) is 3.38. The Balaban J connectivity index is 1.45. The summed E-state index contributed by atoms with van der Waals surface area (Å²) in [6.45, 7) is 2.13. The molecule has 140 valence electrons. The fourth-order valence-corrected chi connectivity index (χ4v) is 4.35. The molecule has 4 heterocycles. The van der Waals surface area contributed by atoms with Crippen LogP contribution >= 0.6 is 0 Å². The number of benzene rings is 2. The van der Waals surface area contributed by atoms with Crippen molar-refractivity contribution in [2.45, 2.75) is 18.9 Å². The van der Waals surface area contributed by atoms with E-state index in [-0.39, 0.29) is 6.04 Å². The number of hydrogen-bond acceptors (Lipinski definition) is 6. The summed E-state index contributed by atoms with van der Waals surface area (Å²) in [5, 5.41) is 1.02. The summed E-state index contributed by atoms with van der Waals surface area (Å²) in [4.78, 5) is 11.4. The molecule has 6 heteroatoms. The number of hydrogen-bond donors (Lipinski definition) is 0. The molecule has 6 rings (SSSR count). The van der Waals surface area contributed by atoms with Gasteiger partial charge in [0.1, 0.15) is 30.6 Å². The van der Waals surface area contributed by atoms with Crippen molar-refractivity contribution in [1.82, 2.24) is 9.97 Å². The molecule has 2 aromatic heterocycles. The van der Waals surface area contributed by atoms with E-state index in [1.165, 1.54) is 5.56 Å². The summed E-state index contributed by atoms with van der Waals surface area (Å²) in [5.41, 5.74) is 3.68. The largest absolute Gasteiger partial charge is 0.486 e. The topological polar surface area (TPSA) is 60.6 Å². The van der Waals surface area contributed by atoms with Gasteiger partial charge in [0.25, 0.3) is 0 Å². The molecule has 1 atom stereocenters.